The Hall–Kier alpha value is -0.640. The van der Waals surface area contributed by atoms with Crippen LogP contribution in [0, 0.1) is 6.92 Å². The molecule has 0 fully saturated rings. The standard InChI is InChI=1S/C9H6Cl2N2S/c1-5-6(3-2-4-7(5)10)8-12-13-9(11)14-8/h2-4H,1H3. The van der Waals surface area contributed by atoms with Gasteiger partial charge in [-0.1, -0.05) is 35.1 Å². The molecule has 0 aliphatic heterocycles. The second-order valence-electron chi connectivity index (χ2n) is 2.77. The van der Waals surface area contributed by atoms with Crippen molar-refractivity contribution in [1.29, 1.82) is 0 Å². The summed E-state index contributed by atoms with van der Waals surface area (Å²) in [5, 5.41) is 9.25. The van der Waals surface area contributed by atoms with Crippen molar-refractivity contribution in [3.05, 3.63) is 33.3 Å². The zero-order chi connectivity index (χ0) is 10.1. The van der Waals surface area contributed by atoms with Crippen LogP contribution in [0.25, 0.3) is 10.6 Å². The van der Waals surface area contributed by atoms with Gasteiger partial charge in [0.2, 0.25) is 4.47 Å². The lowest BCUT2D eigenvalue weighted by molar-refractivity contribution is 1.09. The predicted octanol–water partition coefficient (Wildman–Crippen LogP) is 3.82. The highest BCUT2D eigenvalue weighted by atomic mass is 35.5. The highest BCUT2D eigenvalue weighted by molar-refractivity contribution is 7.18. The second kappa shape index (κ2) is 3.85. The largest absolute Gasteiger partial charge is 0.207 e. The molecule has 0 aliphatic rings. The Bertz CT molecular complexity index is 468. The highest BCUT2D eigenvalue weighted by Gasteiger charge is 2.09. The summed E-state index contributed by atoms with van der Waals surface area (Å²) in [6.07, 6.45) is 0. The quantitative estimate of drug-likeness (QED) is 0.763. The molecule has 0 N–H and O–H groups in total. The molecule has 2 nitrogen and oxygen atoms in total. The first-order valence-corrected chi connectivity index (χ1v) is 5.50. The molecule has 0 aliphatic carbocycles. The van der Waals surface area contributed by atoms with Crippen molar-refractivity contribution >= 4 is 34.5 Å². The van der Waals surface area contributed by atoms with Gasteiger partial charge in [0.05, 0.1) is 0 Å². The zero-order valence-electron chi connectivity index (χ0n) is 7.29. The van der Waals surface area contributed by atoms with Crippen LogP contribution in [0.4, 0.5) is 0 Å². The van der Waals surface area contributed by atoms with Crippen molar-refractivity contribution in [2.45, 2.75) is 6.92 Å². The second-order valence-corrected chi connectivity index (χ2v) is 4.74. The van der Waals surface area contributed by atoms with Gasteiger partial charge in [-0.15, -0.1) is 10.2 Å². The van der Waals surface area contributed by atoms with Crippen molar-refractivity contribution in [3.63, 3.8) is 0 Å². The van der Waals surface area contributed by atoms with E-state index in [2.05, 4.69) is 10.2 Å². The molecule has 0 saturated carbocycles. The van der Waals surface area contributed by atoms with E-state index in [1.807, 2.05) is 25.1 Å². The summed E-state index contributed by atoms with van der Waals surface area (Å²) in [4.78, 5) is 0. The molecule has 0 radical (unpaired) electrons. The molecule has 0 spiro atoms. The smallest absolute Gasteiger partial charge is 0.137 e. The number of nitrogens with zero attached hydrogens (tertiary/aromatic N) is 2. The van der Waals surface area contributed by atoms with Gasteiger partial charge in [0.25, 0.3) is 0 Å². The normalized spacial score (nSPS) is 10.5. The van der Waals surface area contributed by atoms with Gasteiger partial charge >= 0.3 is 0 Å². The SMILES string of the molecule is Cc1c(Cl)cccc1-c1nnc(Cl)s1. The number of halogens is 2. The molecule has 2 rings (SSSR count). The summed E-state index contributed by atoms with van der Waals surface area (Å²) in [6, 6.07) is 5.70. The topological polar surface area (TPSA) is 25.8 Å². The Morgan fingerprint density at radius 2 is 2.00 bits per heavy atom. The van der Waals surface area contributed by atoms with Gasteiger partial charge in [-0.25, -0.2) is 0 Å². The van der Waals surface area contributed by atoms with Crippen LogP contribution >= 0.6 is 34.5 Å². The maximum atomic E-state index is 5.99. The molecule has 0 atom stereocenters. The molecule has 14 heavy (non-hydrogen) atoms. The summed E-state index contributed by atoms with van der Waals surface area (Å²) < 4.78 is 0.444. The minimum atomic E-state index is 0.444. The number of rotatable bonds is 1. The molecule has 0 saturated heterocycles. The summed E-state index contributed by atoms with van der Waals surface area (Å²) in [5.41, 5.74) is 1.99. The Kier molecular flexibility index (Phi) is 2.72. The molecule has 0 bridgehead atoms. The molecular weight excluding hydrogens is 239 g/mol. The highest BCUT2D eigenvalue weighted by Crippen LogP contribution is 2.31. The third-order valence-electron chi connectivity index (χ3n) is 1.90. The van der Waals surface area contributed by atoms with Crippen LogP contribution in [0.3, 0.4) is 0 Å². The van der Waals surface area contributed by atoms with Gasteiger partial charge in [0.1, 0.15) is 5.01 Å². The fraction of sp³-hybridized carbons (Fsp3) is 0.111. The van der Waals surface area contributed by atoms with Crippen molar-refractivity contribution in [2.24, 2.45) is 0 Å². The molecule has 0 unspecified atom stereocenters. The lowest BCUT2D eigenvalue weighted by atomic mass is 10.1. The summed E-state index contributed by atoms with van der Waals surface area (Å²) in [6.45, 7) is 1.95. The van der Waals surface area contributed by atoms with Crippen LogP contribution in [0.5, 0.6) is 0 Å². The lowest BCUT2D eigenvalue weighted by Gasteiger charge is -2.02. The number of aromatic nitrogens is 2. The minimum absolute atomic E-state index is 0.444. The maximum absolute atomic E-state index is 5.99. The molecule has 1 aromatic carbocycles. The summed E-state index contributed by atoms with van der Waals surface area (Å²) in [5.74, 6) is 0. The van der Waals surface area contributed by atoms with Gasteiger partial charge < -0.3 is 0 Å². The van der Waals surface area contributed by atoms with Crippen LogP contribution in [0.2, 0.25) is 9.49 Å². The van der Waals surface area contributed by atoms with E-state index in [4.69, 9.17) is 23.2 Å². The van der Waals surface area contributed by atoms with Crippen LogP contribution in [0.1, 0.15) is 5.56 Å². The van der Waals surface area contributed by atoms with Crippen LogP contribution in [-0.2, 0) is 0 Å². The average Bonchev–Trinajstić information content (AvgIpc) is 2.57. The molecule has 0 amide bonds. The first-order chi connectivity index (χ1) is 6.68. The van der Waals surface area contributed by atoms with Gasteiger partial charge in [-0.3, -0.25) is 0 Å². The first kappa shape index (κ1) is 9.90. The van der Waals surface area contributed by atoms with Crippen molar-refractivity contribution in [3.8, 4) is 10.6 Å². The minimum Gasteiger partial charge on any atom is -0.137 e. The number of hydrogen-bond acceptors (Lipinski definition) is 3. The Morgan fingerprint density at radius 3 is 2.64 bits per heavy atom. The van der Waals surface area contributed by atoms with Crippen molar-refractivity contribution in [2.75, 3.05) is 0 Å². The molecule has 2 aromatic rings. The van der Waals surface area contributed by atoms with E-state index < -0.39 is 0 Å². The summed E-state index contributed by atoms with van der Waals surface area (Å²) in [7, 11) is 0. The van der Waals surface area contributed by atoms with Crippen LogP contribution < -0.4 is 0 Å². The fourth-order valence-corrected chi connectivity index (χ4v) is 2.24. The van der Waals surface area contributed by atoms with Gasteiger partial charge in [-0.2, -0.15) is 0 Å². The Balaban J connectivity index is 2.57. The van der Waals surface area contributed by atoms with Crippen molar-refractivity contribution in [1.82, 2.24) is 10.2 Å². The number of hydrogen-bond donors (Lipinski definition) is 0. The maximum Gasteiger partial charge on any atom is 0.207 e. The zero-order valence-corrected chi connectivity index (χ0v) is 9.62. The van der Waals surface area contributed by atoms with E-state index >= 15 is 0 Å². The van der Waals surface area contributed by atoms with Gasteiger partial charge in [0, 0.05) is 10.6 Å². The van der Waals surface area contributed by atoms with Gasteiger partial charge in [-0.05, 0) is 30.2 Å². The van der Waals surface area contributed by atoms with E-state index in [1.54, 1.807) is 0 Å². The Labute approximate surface area is 95.5 Å². The fourth-order valence-electron chi connectivity index (χ4n) is 1.15. The molecule has 1 heterocycles. The Morgan fingerprint density at radius 1 is 1.21 bits per heavy atom. The van der Waals surface area contributed by atoms with Crippen LogP contribution in [0.15, 0.2) is 18.2 Å². The van der Waals surface area contributed by atoms with E-state index in [9.17, 15) is 0 Å². The molecule has 5 heteroatoms. The predicted molar refractivity (Wildman–Crippen MR) is 60.1 cm³/mol. The van der Waals surface area contributed by atoms with E-state index in [0.717, 1.165) is 21.2 Å². The van der Waals surface area contributed by atoms with E-state index in [1.165, 1.54) is 11.3 Å². The third kappa shape index (κ3) is 1.75. The lowest BCUT2D eigenvalue weighted by Crippen LogP contribution is -1.83. The van der Waals surface area contributed by atoms with Crippen LogP contribution in [-0.4, -0.2) is 10.2 Å². The monoisotopic (exact) mass is 244 g/mol. The molecule has 72 valence electrons. The van der Waals surface area contributed by atoms with Crippen molar-refractivity contribution < 1.29 is 0 Å². The first-order valence-electron chi connectivity index (χ1n) is 3.93. The summed E-state index contributed by atoms with van der Waals surface area (Å²) >= 11 is 13.1. The third-order valence-corrected chi connectivity index (χ3v) is 3.36. The number of benzene rings is 1. The van der Waals surface area contributed by atoms with E-state index in [-0.39, 0.29) is 0 Å². The van der Waals surface area contributed by atoms with Gasteiger partial charge in [0.15, 0.2) is 0 Å². The average molecular weight is 245 g/mol. The molecule has 1 aromatic heterocycles. The molecular formula is C9H6Cl2N2S. The van der Waals surface area contributed by atoms with E-state index in [0.29, 0.717) is 4.47 Å².